The third kappa shape index (κ3) is 2.67. The van der Waals surface area contributed by atoms with Crippen molar-refractivity contribution in [1.82, 2.24) is 0 Å². The quantitative estimate of drug-likeness (QED) is 0.512. The molecule has 0 aromatic carbocycles. The number of aliphatic hydroxyl groups is 1. The Morgan fingerprint density at radius 1 is 1.80 bits per heavy atom. The fraction of sp³-hybridized carbons (Fsp3) is 0.500. The predicted molar refractivity (Wildman–Crippen MR) is 42.2 cm³/mol. The summed E-state index contributed by atoms with van der Waals surface area (Å²) in [7, 11) is 0. The van der Waals surface area contributed by atoms with Crippen LogP contribution in [0.15, 0.2) is 12.7 Å². The van der Waals surface area contributed by atoms with E-state index in [0.717, 1.165) is 0 Å². The van der Waals surface area contributed by atoms with E-state index in [1.165, 1.54) is 6.08 Å². The van der Waals surface area contributed by atoms with Crippen molar-refractivity contribution in [3.63, 3.8) is 0 Å². The van der Waals surface area contributed by atoms with Gasteiger partial charge in [-0.15, -0.1) is 0 Å². The highest BCUT2D eigenvalue weighted by atomic mass is 16.3. The zero-order valence-corrected chi connectivity index (χ0v) is 6.39. The van der Waals surface area contributed by atoms with Gasteiger partial charge in [-0.1, -0.05) is 18.4 Å². The van der Waals surface area contributed by atoms with Gasteiger partial charge < -0.3 is 10.8 Å². The normalized spacial score (nSPS) is 18.0. The van der Waals surface area contributed by atoms with Crippen molar-refractivity contribution in [2.24, 2.45) is 5.73 Å². The number of allylic oxidation sites excluding steroid dienone is 1. The molecule has 0 aromatic heterocycles. The molecule has 0 aromatic rings. The summed E-state index contributed by atoms with van der Waals surface area (Å²) in [6.45, 7) is 6.68. The molecular weight excluding hydrogens is 126 g/mol. The highest BCUT2D eigenvalue weighted by Gasteiger charge is 2.21. The summed E-state index contributed by atoms with van der Waals surface area (Å²) in [5, 5.41) is 9.38. The maximum Gasteiger partial charge on any atom is 0.137 e. The van der Waals surface area contributed by atoms with Gasteiger partial charge in [0.05, 0.1) is 0 Å². The first-order chi connectivity index (χ1) is 4.50. The van der Waals surface area contributed by atoms with Crippen LogP contribution >= 0.6 is 0 Å². The largest absolute Gasteiger partial charge is 0.376 e. The Morgan fingerprint density at radius 3 is 2.60 bits per heavy atom. The van der Waals surface area contributed by atoms with Crippen molar-refractivity contribution in [3.8, 4) is 11.8 Å². The van der Waals surface area contributed by atoms with Crippen LogP contribution in [0.1, 0.15) is 13.8 Å². The minimum Gasteiger partial charge on any atom is -0.376 e. The minimum atomic E-state index is -1.10. The molecule has 2 atom stereocenters. The first-order valence-corrected chi connectivity index (χ1v) is 3.12. The van der Waals surface area contributed by atoms with Gasteiger partial charge in [0.15, 0.2) is 0 Å². The average molecular weight is 139 g/mol. The van der Waals surface area contributed by atoms with E-state index in [0.29, 0.717) is 0 Å². The van der Waals surface area contributed by atoms with Crippen molar-refractivity contribution in [2.45, 2.75) is 25.5 Å². The van der Waals surface area contributed by atoms with Gasteiger partial charge in [0.2, 0.25) is 0 Å². The molecule has 0 saturated carbocycles. The lowest BCUT2D eigenvalue weighted by molar-refractivity contribution is 0.0987. The molecule has 0 aliphatic heterocycles. The van der Waals surface area contributed by atoms with Gasteiger partial charge in [0.1, 0.15) is 5.60 Å². The molecule has 0 rings (SSSR count). The Hall–Kier alpha value is -0.780. The highest BCUT2D eigenvalue weighted by Crippen LogP contribution is 2.04. The summed E-state index contributed by atoms with van der Waals surface area (Å²) in [4.78, 5) is 0. The molecular formula is C8H13NO. The van der Waals surface area contributed by atoms with Crippen molar-refractivity contribution in [3.05, 3.63) is 12.7 Å². The Morgan fingerprint density at radius 2 is 2.30 bits per heavy atom. The van der Waals surface area contributed by atoms with E-state index >= 15 is 0 Å². The molecule has 2 unspecified atom stereocenters. The molecule has 0 heterocycles. The van der Waals surface area contributed by atoms with E-state index in [-0.39, 0.29) is 6.04 Å². The standard InChI is InChI=1S/C8H13NO/c1-4-5-6-8(3,10)7(2)9/h4,7,10H,1,9H2,2-3H3. The predicted octanol–water partition coefficient (Wildman–Crippen LogP) is 0.274. The summed E-state index contributed by atoms with van der Waals surface area (Å²) in [5.74, 6) is 5.12. The number of nitrogens with two attached hydrogens (primary N) is 1. The van der Waals surface area contributed by atoms with Crippen molar-refractivity contribution < 1.29 is 5.11 Å². The molecule has 0 radical (unpaired) electrons. The molecule has 10 heavy (non-hydrogen) atoms. The Labute approximate surface area is 61.7 Å². The van der Waals surface area contributed by atoms with Gasteiger partial charge >= 0.3 is 0 Å². The Balaban J connectivity index is 4.25. The summed E-state index contributed by atoms with van der Waals surface area (Å²) in [5.41, 5.74) is 4.32. The number of rotatable bonds is 1. The maximum atomic E-state index is 9.38. The van der Waals surface area contributed by atoms with Gasteiger partial charge in [-0.05, 0) is 19.9 Å². The molecule has 0 bridgehead atoms. The van der Waals surface area contributed by atoms with E-state index in [9.17, 15) is 5.11 Å². The molecule has 0 aliphatic rings. The van der Waals surface area contributed by atoms with Crippen LogP contribution in [0, 0.1) is 11.8 Å². The zero-order chi connectivity index (χ0) is 8.20. The second-order valence-electron chi connectivity index (χ2n) is 2.41. The molecule has 2 heteroatoms. The van der Waals surface area contributed by atoms with Crippen LogP contribution in [0.3, 0.4) is 0 Å². The Bertz CT molecular complexity index is 171. The first kappa shape index (κ1) is 9.22. The second kappa shape index (κ2) is 3.40. The maximum absolute atomic E-state index is 9.38. The van der Waals surface area contributed by atoms with E-state index in [4.69, 9.17) is 5.73 Å². The highest BCUT2D eigenvalue weighted by molar-refractivity contribution is 5.21. The fourth-order valence-electron chi connectivity index (χ4n) is 0.311. The van der Waals surface area contributed by atoms with Gasteiger partial charge in [-0.3, -0.25) is 0 Å². The fourth-order valence-corrected chi connectivity index (χ4v) is 0.311. The van der Waals surface area contributed by atoms with Crippen LogP contribution in [-0.2, 0) is 0 Å². The van der Waals surface area contributed by atoms with Gasteiger partial charge in [-0.2, -0.15) is 0 Å². The lowest BCUT2D eigenvalue weighted by Crippen LogP contribution is -2.41. The van der Waals surface area contributed by atoms with Gasteiger partial charge in [0, 0.05) is 6.04 Å². The van der Waals surface area contributed by atoms with Crippen LogP contribution in [0.25, 0.3) is 0 Å². The monoisotopic (exact) mass is 139 g/mol. The molecule has 56 valence electrons. The van der Waals surface area contributed by atoms with Crippen molar-refractivity contribution in [2.75, 3.05) is 0 Å². The molecule has 0 saturated heterocycles. The number of hydrogen-bond donors (Lipinski definition) is 2. The van der Waals surface area contributed by atoms with Gasteiger partial charge in [-0.25, -0.2) is 0 Å². The van der Waals surface area contributed by atoms with E-state index in [1.54, 1.807) is 13.8 Å². The number of hydrogen-bond acceptors (Lipinski definition) is 2. The SMILES string of the molecule is C=CC#CC(C)(O)C(C)N. The Kier molecular flexibility index (Phi) is 3.14. The van der Waals surface area contributed by atoms with Crippen LogP contribution < -0.4 is 5.73 Å². The van der Waals surface area contributed by atoms with Crippen molar-refractivity contribution in [1.29, 1.82) is 0 Å². The molecule has 3 N–H and O–H groups in total. The summed E-state index contributed by atoms with van der Waals surface area (Å²) >= 11 is 0. The van der Waals surface area contributed by atoms with Gasteiger partial charge in [0.25, 0.3) is 0 Å². The third-order valence-corrected chi connectivity index (χ3v) is 1.31. The zero-order valence-electron chi connectivity index (χ0n) is 6.39. The lowest BCUT2D eigenvalue weighted by atomic mass is 10.00. The molecule has 0 aliphatic carbocycles. The average Bonchev–Trinajstić information content (AvgIpc) is 1.84. The third-order valence-electron chi connectivity index (χ3n) is 1.31. The van der Waals surface area contributed by atoms with Crippen LogP contribution in [-0.4, -0.2) is 16.7 Å². The summed E-state index contributed by atoms with van der Waals surface area (Å²) in [6.07, 6.45) is 1.43. The molecule has 0 fully saturated rings. The van der Waals surface area contributed by atoms with Crippen LogP contribution in [0.4, 0.5) is 0 Å². The second-order valence-corrected chi connectivity index (χ2v) is 2.41. The van der Waals surface area contributed by atoms with Crippen molar-refractivity contribution >= 4 is 0 Å². The molecule has 0 spiro atoms. The van der Waals surface area contributed by atoms with E-state index in [2.05, 4.69) is 18.4 Å². The summed E-state index contributed by atoms with van der Waals surface area (Å²) < 4.78 is 0. The molecule has 2 nitrogen and oxygen atoms in total. The molecule has 0 amide bonds. The topological polar surface area (TPSA) is 46.2 Å². The summed E-state index contributed by atoms with van der Waals surface area (Å²) in [6, 6.07) is -0.347. The van der Waals surface area contributed by atoms with Crippen LogP contribution in [0.2, 0.25) is 0 Å². The smallest absolute Gasteiger partial charge is 0.137 e. The lowest BCUT2D eigenvalue weighted by Gasteiger charge is -2.20. The van der Waals surface area contributed by atoms with E-state index < -0.39 is 5.60 Å². The van der Waals surface area contributed by atoms with E-state index in [1.807, 2.05) is 0 Å². The van der Waals surface area contributed by atoms with Crippen LogP contribution in [0.5, 0.6) is 0 Å². The minimum absolute atomic E-state index is 0.347. The first-order valence-electron chi connectivity index (χ1n) is 3.12.